The van der Waals surface area contributed by atoms with Gasteiger partial charge in [0.05, 0.1) is 17.4 Å². The molecule has 3 rings (SSSR count). The predicted molar refractivity (Wildman–Crippen MR) is 101 cm³/mol. The van der Waals surface area contributed by atoms with E-state index in [-0.39, 0.29) is 11.8 Å². The van der Waals surface area contributed by atoms with Crippen molar-refractivity contribution in [1.82, 2.24) is 20.2 Å². The molecule has 0 aliphatic rings. The lowest BCUT2D eigenvalue weighted by Crippen LogP contribution is -2.37. The lowest BCUT2D eigenvalue weighted by Gasteiger charge is -2.15. The number of hydrogen-bond acceptors (Lipinski definition) is 3. The number of amides is 2. The maximum Gasteiger partial charge on any atom is 0.251 e. The Morgan fingerprint density at radius 2 is 1.77 bits per heavy atom. The Balaban J connectivity index is 1.49. The summed E-state index contributed by atoms with van der Waals surface area (Å²) in [7, 11) is 0. The van der Waals surface area contributed by atoms with Crippen molar-refractivity contribution in [3.63, 3.8) is 0 Å². The Morgan fingerprint density at radius 1 is 1.08 bits per heavy atom. The van der Waals surface area contributed by atoms with Crippen LogP contribution in [0.15, 0.2) is 54.9 Å². The summed E-state index contributed by atoms with van der Waals surface area (Å²) < 4.78 is 1.83. The van der Waals surface area contributed by atoms with Gasteiger partial charge in [0.15, 0.2) is 0 Å². The molecule has 1 unspecified atom stereocenters. The van der Waals surface area contributed by atoms with E-state index in [2.05, 4.69) is 15.6 Å². The standard InChI is InChI=1S/C19H19ClN4O2/c1-13(24-12-23-16-4-2-3-5-17(16)24)18(25)21-10-11-22-19(26)14-6-8-15(20)9-7-14/h2-9,12-13H,10-11H2,1H3,(H,21,25)(H,22,26). The van der Waals surface area contributed by atoms with Gasteiger partial charge in [-0.3, -0.25) is 9.59 Å². The maximum absolute atomic E-state index is 12.4. The van der Waals surface area contributed by atoms with Gasteiger partial charge in [-0.1, -0.05) is 23.7 Å². The number of imidazole rings is 1. The van der Waals surface area contributed by atoms with Gasteiger partial charge in [0.25, 0.3) is 5.91 Å². The second-order valence-electron chi connectivity index (χ2n) is 5.87. The molecular formula is C19H19ClN4O2. The van der Waals surface area contributed by atoms with E-state index in [9.17, 15) is 9.59 Å². The molecule has 0 saturated carbocycles. The smallest absolute Gasteiger partial charge is 0.251 e. The monoisotopic (exact) mass is 370 g/mol. The molecule has 2 amide bonds. The minimum absolute atomic E-state index is 0.131. The summed E-state index contributed by atoms with van der Waals surface area (Å²) >= 11 is 5.80. The van der Waals surface area contributed by atoms with Crippen LogP contribution in [0, 0.1) is 0 Å². The summed E-state index contributed by atoms with van der Waals surface area (Å²) in [5.41, 5.74) is 2.28. The van der Waals surface area contributed by atoms with Gasteiger partial charge < -0.3 is 15.2 Å². The fraction of sp³-hybridized carbons (Fsp3) is 0.211. The summed E-state index contributed by atoms with van der Waals surface area (Å²) in [5.74, 6) is -0.335. The lowest BCUT2D eigenvalue weighted by molar-refractivity contribution is -0.123. The van der Waals surface area contributed by atoms with Crippen LogP contribution in [0.2, 0.25) is 5.02 Å². The molecule has 0 spiro atoms. The lowest BCUT2D eigenvalue weighted by atomic mass is 10.2. The first-order valence-corrected chi connectivity index (χ1v) is 8.67. The molecule has 2 aromatic carbocycles. The average molecular weight is 371 g/mol. The number of carbonyl (C=O) groups is 2. The topological polar surface area (TPSA) is 76.0 Å². The zero-order chi connectivity index (χ0) is 18.5. The zero-order valence-corrected chi connectivity index (χ0v) is 15.0. The Morgan fingerprint density at radius 3 is 2.54 bits per heavy atom. The van der Waals surface area contributed by atoms with Crippen LogP contribution < -0.4 is 10.6 Å². The number of nitrogens with one attached hydrogen (secondary N) is 2. The molecule has 1 aromatic heterocycles. The fourth-order valence-corrected chi connectivity index (χ4v) is 2.75. The van der Waals surface area contributed by atoms with Crippen molar-refractivity contribution in [2.24, 2.45) is 0 Å². The molecular weight excluding hydrogens is 352 g/mol. The van der Waals surface area contributed by atoms with Gasteiger partial charge >= 0.3 is 0 Å². The average Bonchev–Trinajstić information content (AvgIpc) is 3.09. The van der Waals surface area contributed by atoms with E-state index in [1.54, 1.807) is 30.6 Å². The summed E-state index contributed by atoms with van der Waals surface area (Å²) in [5, 5.41) is 6.17. The minimum atomic E-state index is -0.394. The summed E-state index contributed by atoms with van der Waals surface area (Å²) in [4.78, 5) is 28.6. The number of aromatic nitrogens is 2. The van der Waals surface area contributed by atoms with Crippen LogP contribution in [0.5, 0.6) is 0 Å². The molecule has 134 valence electrons. The molecule has 1 atom stereocenters. The molecule has 0 radical (unpaired) electrons. The quantitative estimate of drug-likeness (QED) is 0.655. The van der Waals surface area contributed by atoms with Crippen molar-refractivity contribution in [2.75, 3.05) is 13.1 Å². The van der Waals surface area contributed by atoms with Gasteiger partial charge in [-0.05, 0) is 43.3 Å². The highest BCUT2D eigenvalue weighted by Gasteiger charge is 2.16. The van der Waals surface area contributed by atoms with Gasteiger partial charge in [-0.15, -0.1) is 0 Å². The Bertz CT molecular complexity index is 921. The Kier molecular flexibility index (Phi) is 5.53. The van der Waals surface area contributed by atoms with Gasteiger partial charge in [-0.2, -0.15) is 0 Å². The predicted octanol–water partition coefficient (Wildman–Crippen LogP) is 2.80. The first kappa shape index (κ1) is 17.9. The van der Waals surface area contributed by atoms with Crippen LogP contribution >= 0.6 is 11.6 Å². The number of fused-ring (bicyclic) bond motifs is 1. The van der Waals surface area contributed by atoms with Crippen LogP contribution in [-0.4, -0.2) is 34.5 Å². The van der Waals surface area contributed by atoms with Crippen LogP contribution in [-0.2, 0) is 4.79 Å². The Hall–Kier alpha value is -2.86. The van der Waals surface area contributed by atoms with Gasteiger partial charge in [0, 0.05) is 23.7 Å². The molecule has 7 heteroatoms. The highest BCUT2D eigenvalue weighted by atomic mass is 35.5. The third-order valence-corrected chi connectivity index (χ3v) is 4.35. The molecule has 26 heavy (non-hydrogen) atoms. The summed E-state index contributed by atoms with van der Waals surface area (Å²) in [6, 6.07) is 13.9. The van der Waals surface area contributed by atoms with Crippen LogP contribution in [0.1, 0.15) is 23.3 Å². The van der Waals surface area contributed by atoms with E-state index in [1.165, 1.54) is 0 Å². The normalized spacial score (nSPS) is 11.9. The highest BCUT2D eigenvalue weighted by molar-refractivity contribution is 6.30. The number of hydrogen-bond donors (Lipinski definition) is 2. The molecule has 0 saturated heterocycles. The number of benzene rings is 2. The van der Waals surface area contributed by atoms with Crippen molar-refractivity contribution < 1.29 is 9.59 Å². The van der Waals surface area contributed by atoms with E-state index in [4.69, 9.17) is 11.6 Å². The van der Waals surface area contributed by atoms with E-state index >= 15 is 0 Å². The van der Waals surface area contributed by atoms with Gasteiger partial charge in [0.1, 0.15) is 6.04 Å². The van der Waals surface area contributed by atoms with E-state index in [1.807, 2.05) is 35.8 Å². The summed E-state index contributed by atoms with van der Waals surface area (Å²) in [6.07, 6.45) is 1.66. The third-order valence-electron chi connectivity index (χ3n) is 4.09. The fourth-order valence-electron chi connectivity index (χ4n) is 2.63. The second kappa shape index (κ2) is 8.01. The number of halogens is 1. The molecule has 0 aliphatic carbocycles. The third kappa shape index (κ3) is 4.03. The van der Waals surface area contributed by atoms with Crippen molar-refractivity contribution in [1.29, 1.82) is 0 Å². The van der Waals surface area contributed by atoms with Crippen molar-refractivity contribution in [2.45, 2.75) is 13.0 Å². The van der Waals surface area contributed by atoms with Crippen LogP contribution in [0.25, 0.3) is 11.0 Å². The first-order chi connectivity index (χ1) is 12.6. The highest BCUT2D eigenvalue weighted by Crippen LogP contribution is 2.17. The SMILES string of the molecule is CC(C(=O)NCCNC(=O)c1ccc(Cl)cc1)n1cnc2ccccc21. The molecule has 2 N–H and O–H groups in total. The summed E-state index contributed by atoms with van der Waals surface area (Å²) in [6.45, 7) is 2.50. The van der Waals surface area contributed by atoms with E-state index < -0.39 is 6.04 Å². The van der Waals surface area contributed by atoms with E-state index in [0.717, 1.165) is 11.0 Å². The van der Waals surface area contributed by atoms with Gasteiger partial charge in [0.2, 0.25) is 5.91 Å². The molecule has 6 nitrogen and oxygen atoms in total. The van der Waals surface area contributed by atoms with Gasteiger partial charge in [-0.25, -0.2) is 4.98 Å². The molecule has 1 heterocycles. The van der Waals surface area contributed by atoms with Crippen LogP contribution in [0.4, 0.5) is 0 Å². The molecule has 0 bridgehead atoms. The van der Waals surface area contributed by atoms with Crippen molar-refractivity contribution in [3.05, 3.63) is 65.4 Å². The molecule has 0 fully saturated rings. The number of nitrogens with zero attached hydrogens (tertiary/aromatic N) is 2. The zero-order valence-electron chi connectivity index (χ0n) is 14.3. The Labute approximate surface area is 156 Å². The number of rotatable bonds is 6. The van der Waals surface area contributed by atoms with Crippen molar-refractivity contribution in [3.8, 4) is 0 Å². The number of carbonyl (C=O) groups excluding carboxylic acids is 2. The minimum Gasteiger partial charge on any atom is -0.353 e. The largest absolute Gasteiger partial charge is 0.353 e. The second-order valence-corrected chi connectivity index (χ2v) is 6.31. The first-order valence-electron chi connectivity index (χ1n) is 8.29. The van der Waals surface area contributed by atoms with E-state index in [0.29, 0.717) is 23.7 Å². The van der Waals surface area contributed by atoms with Crippen molar-refractivity contribution >= 4 is 34.4 Å². The molecule has 0 aliphatic heterocycles. The maximum atomic E-state index is 12.4. The molecule has 3 aromatic rings. The number of para-hydroxylation sites is 2. The van der Waals surface area contributed by atoms with Crippen LogP contribution in [0.3, 0.4) is 0 Å².